The number of nitrogens with zero attached hydrogens (tertiary/aromatic N) is 2. The molecule has 0 aromatic carbocycles. The molecule has 2 heterocycles. The SMILES string of the molecule is CN(CCc1cc[nH]c1)Cc1cc(N)n[nH]1. The topological polar surface area (TPSA) is 73.7 Å². The molecule has 0 spiro atoms. The number of anilines is 1. The van der Waals surface area contributed by atoms with Gasteiger partial charge in [0.2, 0.25) is 0 Å². The van der Waals surface area contributed by atoms with Crippen LogP contribution in [0.4, 0.5) is 5.82 Å². The lowest BCUT2D eigenvalue weighted by Gasteiger charge is -2.14. The summed E-state index contributed by atoms with van der Waals surface area (Å²) in [6.07, 6.45) is 5.02. The van der Waals surface area contributed by atoms with Crippen LogP contribution in [0.5, 0.6) is 0 Å². The van der Waals surface area contributed by atoms with Crippen molar-refractivity contribution in [2.75, 3.05) is 19.3 Å². The lowest BCUT2D eigenvalue weighted by molar-refractivity contribution is 0.327. The molecule has 2 aromatic heterocycles. The van der Waals surface area contributed by atoms with Crippen LogP contribution in [-0.2, 0) is 13.0 Å². The molecule has 0 aliphatic heterocycles. The smallest absolute Gasteiger partial charge is 0.145 e. The summed E-state index contributed by atoms with van der Waals surface area (Å²) in [4.78, 5) is 5.29. The standard InChI is InChI=1S/C11H17N5/c1-16(5-3-9-2-4-13-7-9)8-10-6-11(12)15-14-10/h2,4,6-7,13H,3,5,8H2,1H3,(H3,12,14,15). The van der Waals surface area contributed by atoms with Crippen LogP contribution in [0, 0.1) is 0 Å². The van der Waals surface area contributed by atoms with E-state index in [9.17, 15) is 0 Å². The van der Waals surface area contributed by atoms with E-state index in [1.807, 2.05) is 18.5 Å². The molecule has 2 rings (SSSR count). The first kappa shape index (κ1) is 10.8. The Labute approximate surface area is 94.7 Å². The van der Waals surface area contributed by atoms with Crippen LogP contribution < -0.4 is 5.73 Å². The van der Waals surface area contributed by atoms with Gasteiger partial charge in [-0.05, 0) is 25.1 Å². The van der Waals surface area contributed by atoms with Crippen LogP contribution in [0.3, 0.4) is 0 Å². The number of nitrogen functional groups attached to an aromatic ring is 1. The molecule has 0 unspecified atom stereocenters. The highest BCUT2D eigenvalue weighted by molar-refractivity contribution is 5.28. The quantitative estimate of drug-likeness (QED) is 0.702. The van der Waals surface area contributed by atoms with Crippen LogP contribution in [0.1, 0.15) is 11.3 Å². The number of nitrogens with one attached hydrogen (secondary N) is 2. The number of H-pyrrole nitrogens is 2. The molecule has 0 radical (unpaired) electrons. The molecule has 0 atom stereocenters. The summed E-state index contributed by atoms with van der Waals surface area (Å²) in [5.74, 6) is 0.550. The number of aromatic amines is 2. The number of aromatic nitrogens is 3. The van der Waals surface area contributed by atoms with E-state index in [0.717, 1.165) is 25.2 Å². The largest absolute Gasteiger partial charge is 0.382 e. The van der Waals surface area contributed by atoms with Crippen molar-refractivity contribution >= 4 is 5.82 Å². The van der Waals surface area contributed by atoms with Gasteiger partial charge >= 0.3 is 0 Å². The van der Waals surface area contributed by atoms with E-state index >= 15 is 0 Å². The summed E-state index contributed by atoms with van der Waals surface area (Å²) < 4.78 is 0. The maximum Gasteiger partial charge on any atom is 0.145 e. The van der Waals surface area contributed by atoms with E-state index in [1.165, 1.54) is 5.56 Å². The Morgan fingerprint density at radius 1 is 1.50 bits per heavy atom. The average molecular weight is 219 g/mol. The van der Waals surface area contributed by atoms with Gasteiger partial charge in [0, 0.05) is 31.5 Å². The summed E-state index contributed by atoms with van der Waals surface area (Å²) in [5.41, 5.74) is 7.92. The first-order chi connectivity index (χ1) is 7.74. The van der Waals surface area contributed by atoms with Crippen molar-refractivity contribution in [2.45, 2.75) is 13.0 Å². The average Bonchev–Trinajstić information content (AvgIpc) is 2.87. The summed E-state index contributed by atoms with van der Waals surface area (Å²) >= 11 is 0. The Hall–Kier alpha value is -1.75. The molecule has 5 nitrogen and oxygen atoms in total. The third-order valence-electron chi connectivity index (χ3n) is 2.54. The monoisotopic (exact) mass is 219 g/mol. The van der Waals surface area contributed by atoms with E-state index in [-0.39, 0.29) is 0 Å². The van der Waals surface area contributed by atoms with E-state index < -0.39 is 0 Å². The normalized spacial score (nSPS) is 11.1. The van der Waals surface area contributed by atoms with Gasteiger partial charge in [0.25, 0.3) is 0 Å². The van der Waals surface area contributed by atoms with Crippen molar-refractivity contribution in [1.29, 1.82) is 0 Å². The van der Waals surface area contributed by atoms with E-state index in [2.05, 4.69) is 33.2 Å². The Morgan fingerprint density at radius 3 is 3.00 bits per heavy atom. The molecule has 0 bridgehead atoms. The molecular weight excluding hydrogens is 202 g/mol. The van der Waals surface area contributed by atoms with Crippen LogP contribution in [0.15, 0.2) is 24.5 Å². The van der Waals surface area contributed by atoms with Gasteiger partial charge in [-0.3, -0.25) is 5.10 Å². The molecule has 0 saturated carbocycles. The van der Waals surface area contributed by atoms with E-state index in [4.69, 9.17) is 5.73 Å². The summed E-state index contributed by atoms with van der Waals surface area (Å²) in [7, 11) is 2.09. The molecule has 0 aliphatic rings. The fourth-order valence-electron chi connectivity index (χ4n) is 1.66. The highest BCUT2D eigenvalue weighted by atomic mass is 15.2. The minimum Gasteiger partial charge on any atom is -0.382 e. The Balaban J connectivity index is 1.78. The Kier molecular flexibility index (Phi) is 3.26. The molecule has 0 saturated heterocycles. The number of hydrogen-bond donors (Lipinski definition) is 3. The fraction of sp³-hybridized carbons (Fsp3) is 0.364. The Bertz CT molecular complexity index is 417. The number of likely N-dealkylation sites (N-methyl/N-ethyl adjacent to an activating group) is 1. The Morgan fingerprint density at radius 2 is 2.38 bits per heavy atom. The van der Waals surface area contributed by atoms with E-state index in [1.54, 1.807) is 0 Å². The molecule has 0 aliphatic carbocycles. The van der Waals surface area contributed by atoms with Crippen LogP contribution in [0.2, 0.25) is 0 Å². The second-order valence-corrected chi connectivity index (χ2v) is 4.03. The molecule has 16 heavy (non-hydrogen) atoms. The fourth-order valence-corrected chi connectivity index (χ4v) is 1.66. The van der Waals surface area contributed by atoms with Gasteiger partial charge in [-0.15, -0.1) is 0 Å². The zero-order chi connectivity index (χ0) is 11.4. The van der Waals surface area contributed by atoms with Crippen molar-refractivity contribution in [1.82, 2.24) is 20.1 Å². The maximum absolute atomic E-state index is 5.54. The van der Waals surface area contributed by atoms with Gasteiger partial charge in [0.15, 0.2) is 0 Å². The molecule has 0 fully saturated rings. The third kappa shape index (κ3) is 2.87. The highest BCUT2D eigenvalue weighted by Crippen LogP contribution is 2.05. The van der Waals surface area contributed by atoms with Crippen molar-refractivity contribution in [3.63, 3.8) is 0 Å². The molecule has 4 N–H and O–H groups in total. The lowest BCUT2D eigenvalue weighted by atomic mass is 10.2. The van der Waals surface area contributed by atoms with Gasteiger partial charge in [-0.2, -0.15) is 5.10 Å². The molecule has 2 aromatic rings. The number of hydrogen-bond acceptors (Lipinski definition) is 3. The van der Waals surface area contributed by atoms with Gasteiger partial charge < -0.3 is 15.6 Å². The van der Waals surface area contributed by atoms with Gasteiger partial charge in [-0.25, -0.2) is 0 Å². The molecule has 0 amide bonds. The molecular formula is C11H17N5. The van der Waals surface area contributed by atoms with Crippen LogP contribution in [0.25, 0.3) is 0 Å². The molecule has 86 valence electrons. The number of rotatable bonds is 5. The van der Waals surface area contributed by atoms with Crippen LogP contribution >= 0.6 is 0 Å². The summed E-state index contributed by atoms with van der Waals surface area (Å²) in [6, 6.07) is 3.97. The minimum atomic E-state index is 0.550. The zero-order valence-corrected chi connectivity index (χ0v) is 9.40. The third-order valence-corrected chi connectivity index (χ3v) is 2.54. The van der Waals surface area contributed by atoms with Crippen molar-refractivity contribution in [3.05, 3.63) is 35.8 Å². The van der Waals surface area contributed by atoms with Gasteiger partial charge in [0.05, 0.1) is 5.69 Å². The molecule has 5 heteroatoms. The highest BCUT2D eigenvalue weighted by Gasteiger charge is 2.03. The summed E-state index contributed by atoms with van der Waals surface area (Å²) in [6.45, 7) is 1.85. The van der Waals surface area contributed by atoms with Crippen molar-refractivity contribution < 1.29 is 0 Å². The first-order valence-electron chi connectivity index (χ1n) is 5.34. The first-order valence-corrected chi connectivity index (χ1v) is 5.34. The lowest BCUT2D eigenvalue weighted by Crippen LogP contribution is -2.20. The van der Waals surface area contributed by atoms with Crippen LogP contribution in [-0.4, -0.2) is 33.7 Å². The maximum atomic E-state index is 5.54. The second-order valence-electron chi connectivity index (χ2n) is 4.03. The minimum absolute atomic E-state index is 0.550. The van der Waals surface area contributed by atoms with Crippen molar-refractivity contribution in [3.8, 4) is 0 Å². The zero-order valence-electron chi connectivity index (χ0n) is 9.40. The van der Waals surface area contributed by atoms with E-state index in [0.29, 0.717) is 5.82 Å². The number of nitrogens with two attached hydrogens (primary N) is 1. The second kappa shape index (κ2) is 4.85. The van der Waals surface area contributed by atoms with Crippen molar-refractivity contribution in [2.24, 2.45) is 0 Å². The predicted octanol–water partition coefficient (Wildman–Crippen LogP) is 0.994. The predicted molar refractivity (Wildman–Crippen MR) is 63.8 cm³/mol. The summed E-state index contributed by atoms with van der Waals surface area (Å²) in [5, 5.41) is 6.81. The van der Waals surface area contributed by atoms with Gasteiger partial charge in [0.1, 0.15) is 5.82 Å². The van der Waals surface area contributed by atoms with Gasteiger partial charge in [-0.1, -0.05) is 0 Å².